The third-order valence-corrected chi connectivity index (χ3v) is 6.25. The summed E-state index contributed by atoms with van der Waals surface area (Å²) in [7, 11) is 0. The molecule has 0 saturated heterocycles. The van der Waals surface area contributed by atoms with Crippen LogP contribution in [0.1, 0.15) is 46.7 Å². The van der Waals surface area contributed by atoms with Crippen LogP contribution in [0, 0.1) is 0 Å². The van der Waals surface area contributed by atoms with Gasteiger partial charge in [-0.3, -0.25) is 0 Å². The minimum atomic E-state index is 0. The summed E-state index contributed by atoms with van der Waals surface area (Å²) in [5.41, 5.74) is 7.43. The average Bonchev–Trinajstić information content (AvgIpc) is 2.76. The molecule has 0 radical (unpaired) electrons. The Morgan fingerprint density at radius 2 is 1.45 bits per heavy atom. The number of rotatable bonds is 1. The van der Waals surface area contributed by atoms with E-state index in [1.54, 1.807) is 0 Å². The van der Waals surface area contributed by atoms with Gasteiger partial charge in [0.2, 0.25) is 0 Å². The van der Waals surface area contributed by atoms with E-state index in [1.807, 2.05) is 0 Å². The molecule has 0 amide bonds. The Kier molecular flexibility index (Phi) is 6.68. The van der Waals surface area contributed by atoms with Gasteiger partial charge in [0.25, 0.3) is 0 Å². The first-order chi connectivity index (χ1) is 9.47. The number of halogens is 2. The quantitative estimate of drug-likeness (QED) is 0.451. The topological polar surface area (TPSA) is 0 Å². The van der Waals surface area contributed by atoms with Gasteiger partial charge in [-0.15, -0.1) is 0 Å². The molecule has 1 unspecified atom stereocenters. The second-order valence-electron chi connectivity index (χ2n) is 6.49. The summed E-state index contributed by atoms with van der Waals surface area (Å²) >= 11 is 1.17. The van der Waals surface area contributed by atoms with E-state index in [0.29, 0.717) is 3.67 Å². The van der Waals surface area contributed by atoms with Crippen LogP contribution in [0.4, 0.5) is 0 Å². The van der Waals surface area contributed by atoms with Gasteiger partial charge in [-0.2, -0.15) is 0 Å². The summed E-state index contributed by atoms with van der Waals surface area (Å²) in [6, 6.07) is 18.0. The summed E-state index contributed by atoms with van der Waals surface area (Å²) in [5.74, 6) is 0. The molecule has 113 valence electrons. The van der Waals surface area contributed by atoms with E-state index in [1.165, 1.54) is 52.2 Å². The number of fused-ring (bicyclic) bond motifs is 1. The molecule has 1 atom stereocenters. The van der Waals surface area contributed by atoms with Gasteiger partial charge in [0.1, 0.15) is 0 Å². The van der Waals surface area contributed by atoms with Gasteiger partial charge in [0.05, 0.1) is 0 Å². The summed E-state index contributed by atoms with van der Waals surface area (Å²) in [6.45, 7) is 6.80. The maximum absolute atomic E-state index is 2.37. The van der Waals surface area contributed by atoms with Crippen LogP contribution in [0.15, 0.2) is 48.5 Å². The molecule has 2 aromatic rings. The molecule has 0 saturated carbocycles. The molecule has 0 bridgehead atoms. The molecule has 0 aromatic heterocycles. The molecule has 0 aliphatic heterocycles. The first-order valence-electron chi connectivity index (χ1n) is 7.09. The van der Waals surface area contributed by atoms with Gasteiger partial charge in [-0.25, -0.2) is 0 Å². The van der Waals surface area contributed by atoms with Crippen LogP contribution >= 0.6 is 0 Å². The van der Waals surface area contributed by atoms with Gasteiger partial charge >= 0.3 is 137 Å². The van der Waals surface area contributed by atoms with E-state index in [4.69, 9.17) is 0 Å². The van der Waals surface area contributed by atoms with Crippen molar-refractivity contribution < 1.29 is 49.2 Å². The second kappa shape index (κ2) is 7.47. The van der Waals surface area contributed by atoms with Crippen molar-refractivity contribution in [2.75, 3.05) is 0 Å². The summed E-state index contributed by atoms with van der Waals surface area (Å²) in [5, 5.41) is 0. The van der Waals surface area contributed by atoms with E-state index in [9.17, 15) is 0 Å². The molecule has 0 fully saturated rings. The second-order valence-corrected chi connectivity index (χ2v) is 8.56. The first-order valence-corrected chi connectivity index (χ1v) is 9.17. The van der Waals surface area contributed by atoms with Crippen molar-refractivity contribution in [3.8, 4) is 0 Å². The van der Waals surface area contributed by atoms with E-state index < -0.39 is 0 Å². The van der Waals surface area contributed by atoms with E-state index in [-0.39, 0.29) is 30.2 Å². The Bertz CT molecular complexity index is 667. The molecule has 2 aromatic carbocycles. The van der Waals surface area contributed by atoms with E-state index >= 15 is 0 Å². The molecule has 22 heavy (non-hydrogen) atoms. The summed E-state index contributed by atoms with van der Waals surface area (Å²) in [4.78, 5) is 0. The molecule has 0 heterocycles. The maximum atomic E-state index is 2.37. The summed E-state index contributed by atoms with van der Waals surface area (Å²) < 4.78 is 0.631. The zero-order valence-electron chi connectivity index (χ0n) is 13.0. The number of hydrogen-bond donors (Lipinski definition) is 0. The van der Waals surface area contributed by atoms with Crippen LogP contribution in [0.5, 0.6) is 0 Å². The fraction of sp³-hybridized carbons (Fsp3) is 0.263. The maximum Gasteiger partial charge on any atom is -1.00 e. The molecule has 0 spiro atoms. The predicted molar refractivity (Wildman–Crippen MR) is 82.2 cm³/mol. The van der Waals surface area contributed by atoms with Gasteiger partial charge in [0, 0.05) is 0 Å². The SMILES string of the molecule is CC(C)(C)c1ccc(C2=Cc3ccccc3[CH]2[Hf+2])cc1.[Cl-].[Cl-]. The summed E-state index contributed by atoms with van der Waals surface area (Å²) in [6.07, 6.45) is 2.37. The molecule has 0 N–H and O–H groups in total. The Balaban J connectivity index is 0.00000121. The Labute approximate surface area is 160 Å². The largest absolute Gasteiger partial charge is 1.00 e. The Morgan fingerprint density at radius 1 is 0.864 bits per heavy atom. The van der Waals surface area contributed by atoms with Crippen molar-refractivity contribution >= 4 is 11.6 Å². The molecular formula is C19H19Cl2Hf. The fourth-order valence-corrected chi connectivity index (χ4v) is 4.58. The van der Waals surface area contributed by atoms with Crippen molar-refractivity contribution in [2.24, 2.45) is 0 Å². The molecule has 3 rings (SSSR count). The molecular weight excluding hydrogens is 478 g/mol. The zero-order valence-corrected chi connectivity index (χ0v) is 18.1. The van der Waals surface area contributed by atoms with Crippen molar-refractivity contribution in [1.29, 1.82) is 0 Å². The number of hydrogen-bond acceptors (Lipinski definition) is 0. The van der Waals surface area contributed by atoms with E-state index in [0.717, 1.165) is 0 Å². The van der Waals surface area contributed by atoms with Gasteiger partial charge in [-0.05, 0) is 0 Å². The molecule has 3 heteroatoms. The molecule has 0 nitrogen and oxygen atoms in total. The average molecular weight is 497 g/mol. The first kappa shape index (κ1) is 19.7. The minimum absolute atomic E-state index is 0. The predicted octanol–water partition coefficient (Wildman–Crippen LogP) is -0.866. The van der Waals surface area contributed by atoms with Crippen LogP contribution in [-0.4, -0.2) is 0 Å². The Hall–Kier alpha value is -0.370. The monoisotopic (exact) mass is 497 g/mol. The molecule has 1 aliphatic carbocycles. The van der Waals surface area contributed by atoms with Gasteiger partial charge in [0.15, 0.2) is 0 Å². The van der Waals surface area contributed by atoms with E-state index in [2.05, 4.69) is 75.4 Å². The van der Waals surface area contributed by atoms with Crippen LogP contribution in [-0.2, 0) is 29.8 Å². The van der Waals surface area contributed by atoms with Crippen LogP contribution < -0.4 is 24.8 Å². The van der Waals surface area contributed by atoms with Crippen LogP contribution in [0.2, 0.25) is 0 Å². The van der Waals surface area contributed by atoms with Crippen molar-refractivity contribution in [3.63, 3.8) is 0 Å². The fourth-order valence-electron chi connectivity index (χ4n) is 2.74. The van der Waals surface area contributed by atoms with Gasteiger partial charge < -0.3 is 24.8 Å². The normalized spacial score (nSPS) is 16.2. The number of benzene rings is 2. The standard InChI is InChI=1S/C19H19.2ClH.Hf/c1-19(2,3)18-10-8-14(9-11-18)17-12-15-6-4-5-7-16(15)13-17;;;/h4-13H,1-3H3;2*1H;/q;;;+2/p-2. The number of allylic oxidation sites excluding steroid dienone is 1. The smallest absolute Gasteiger partial charge is 1.00 e. The van der Waals surface area contributed by atoms with Crippen molar-refractivity contribution in [1.82, 2.24) is 0 Å². The third kappa shape index (κ3) is 3.75. The Morgan fingerprint density at radius 3 is 2.00 bits per heavy atom. The zero-order chi connectivity index (χ0) is 14.3. The van der Waals surface area contributed by atoms with Crippen molar-refractivity contribution in [2.45, 2.75) is 29.9 Å². The molecule has 1 aliphatic rings. The van der Waals surface area contributed by atoms with Crippen molar-refractivity contribution in [3.05, 3.63) is 70.8 Å². The third-order valence-electron chi connectivity index (χ3n) is 4.01. The van der Waals surface area contributed by atoms with Crippen LogP contribution in [0.3, 0.4) is 0 Å². The minimum Gasteiger partial charge on any atom is -1.00 e. The van der Waals surface area contributed by atoms with Gasteiger partial charge in [-0.1, -0.05) is 0 Å². The van der Waals surface area contributed by atoms with Crippen LogP contribution in [0.25, 0.3) is 11.6 Å².